The normalized spacial score (nSPS) is 27.1. The summed E-state index contributed by atoms with van der Waals surface area (Å²) in [6, 6.07) is 0. The van der Waals surface area contributed by atoms with Crippen LogP contribution in [0.3, 0.4) is 0 Å². The molecule has 0 bridgehead atoms. The molecule has 0 aliphatic heterocycles. The fourth-order valence-electron chi connectivity index (χ4n) is 1.85. The van der Waals surface area contributed by atoms with Crippen LogP contribution in [0.25, 0.3) is 0 Å². The van der Waals surface area contributed by atoms with Crippen LogP contribution in [-0.4, -0.2) is 16.9 Å². The maximum atomic E-state index is 11.4. The first kappa shape index (κ1) is 10.7. The lowest BCUT2D eigenvalue weighted by Crippen LogP contribution is -2.13. The fourth-order valence-corrected chi connectivity index (χ4v) is 1.85. The highest BCUT2D eigenvalue weighted by Gasteiger charge is 2.32. The van der Waals surface area contributed by atoms with Crippen molar-refractivity contribution in [3.63, 3.8) is 0 Å². The SMILES string of the molecule is C=C(C)[C@H]1CCC(=O)[C@H]1C=CC(=O)O. The van der Waals surface area contributed by atoms with Crippen molar-refractivity contribution in [1.29, 1.82) is 0 Å². The molecule has 0 saturated heterocycles. The van der Waals surface area contributed by atoms with E-state index in [0.717, 1.165) is 18.1 Å². The molecule has 1 aliphatic rings. The molecule has 0 aromatic carbocycles. The third kappa shape index (κ3) is 2.31. The van der Waals surface area contributed by atoms with E-state index in [4.69, 9.17) is 5.11 Å². The van der Waals surface area contributed by atoms with Gasteiger partial charge in [0, 0.05) is 18.4 Å². The van der Waals surface area contributed by atoms with E-state index in [1.807, 2.05) is 6.92 Å². The minimum Gasteiger partial charge on any atom is -0.478 e. The van der Waals surface area contributed by atoms with Gasteiger partial charge in [-0.25, -0.2) is 4.79 Å². The standard InChI is InChI=1S/C11H14O3/c1-7(2)8-3-5-10(12)9(8)4-6-11(13)14/h4,6,8-9H,1,3,5H2,2H3,(H,13,14)/t8-,9+/m1/s1. The number of carbonyl (C=O) groups excluding carboxylic acids is 1. The molecule has 76 valence electrons. The number of ketones is 1. The van der Waals surface area contributed by atoms with Gasteiger partial charge >= 0.3 is 5.97 Å². The summed E-state index contributed by atoms with van der Waals surface area (Å²) in [5, 5.41) is 8.46. The topological polar surface area (TPSA) is 54.4 Å². The Kier molecular flexibility index (Phi) is 3.23. The number of rotatable bonds is 3. The zero-order valence-corrected chi connectivity index (χ0v) is 8.19. The lowest BCUT2D eigenvalue weighted by atomic mass is 9.90. The average Bonchev–Trinajstić information content (AvgIpc) is 2.43. The Balaban J connectivity index is 2.77. The Morgan fingerprint density at radius 1 is 1.64 bits per heavy atom. The van der Waals surface area contributed by atoms with E-state index in [1.54, 1.807) is 0 Å². The van der Waals surface area contributed by atoms with Gasteiger partial charge in [0.25, 0.3) is 0 Å². The Morgan fingerprint density at radius 3 is 2.79 bits per heavy atom. The number of carboxylic acid groups (broad SMARTS) is 1. The molecule has 14 heavy (non-hydrogen) atoms. The van der Waals surface area contributed by atoms with Gasteiger partial charge < -0.3 is 5.11 Å². The van der Waals surface area contributed by atoms with Crippen molar-refractivity contribution in [2.24, 2.45) is 11.8 Å². The van der Waals surface area contributed by atoms with Gasteiger partial charge in [-0.05, 0) is 19.3 Å². The van der Waals surface area contributed by atoms with Gasteiger partial charge in [-0.1, -0.05) is 18.2 Å². The van der Waals surface area contributed by atoms with Gasteiger partial charge in [-0.2, -0.15) is 0 Å². The van der Waals surface area contributed by atoms with E-state index < -0.39 is 5.97 Å². The Morgan fingerprint density at radius 2 is 2.29 bits per heavy atom. The van der Waals surface area contributed by atoms with Crippen LogP contribution in [0.15, 0.2) is 24.3 Å². The molecule has 0 amide bonds. The quantitative estimate of drug-likeness (QED) is 0.550. The van der Waals surface area contributed by atoms with Crippen molar-refractivity contribution in [2.75, 3.05) is 0 Å². The highest BCUT2D eigenvalue weighted by atomic mass is 16.4. The number of Topliss-reactive ketones (excluding diaryl/α,β-unsaturated/α-hetero) is 1. The molecule has 2 atom stereocenters. The number of hydrogen-bond donors (Lipinski definition) is 1. The van der Waals surface area contributed by atoms with E-state index >= 15 is 0 Å². The highest BCUT2D eigenvalue weighted by molar-refractivity contribution is 5.87. The highest BCUT2D eigenvalue weighted by Crippen LogP contribution is 2.34. The maximum Gasteiger partial charge on any atom is 0.328 e. The minimum atomic E-state index is -1.01. The van der Waals surface area contributed by atoms with Crippen LogP contribution in [0, 0.1) is 11.8 Å². The van der Waals surface area contributed by atoms with Gasteiger partial charge in [-0.3, -0.25) is 4.79 Å². The second-order valence-corrected chi connectivity index (χ2v) is 3.68. The van der Waals surface area contributed by atoms with Crippen LogP contribution >= 0.6 is 0 Å². The molecule has 1 aliphatic carbocycles. The van der Waals surface area contributed by atoms with Crippen molar-refractivity contribution < 1.29 is 14.7 Å². The number of aliphatic carboxylic acids is 1. The molecular weight excluding hydrogens is 180 g/mol. The number of hydrogen-bond acceptors (Lipinski definition) is 2. The largest absolute Gasteiger partial charge is 0.478 e. The first-order valence-electron chi connectivity index (χ1n) is 4.61. The first-order valence-corrected chi connectivity index (χ1v) is 4.61. The summed E-state index contributed by atoms with van der Waals surface area (Å²) in [5.41, 5.74) is 0.955. The summed E-state index contributed by atoms with van der Waals surface area (Å²) in [7, 11) is 0. The van der Waals surface area contributed by atoms with Gasteiger partial charge in [0.05, 0.1) is 0 Å². The van der Waals surface area contributed by atoms with Gasteiger partial charge in [0.15, 0.2) is 0 Å². The lowest BCUT2D eigenvalue weighted by molar-refractivity contribution is -0.131. The van der Waals surface area contributed by atoms with Crippen LogP contribution in [0.4, 0.5) is 0 Å². The smallest absolute Gasteiger partial charge is 0.328 e. The van der Waals surface area contributed by atoms with Crippen molar-refractivity contribution in [3.05, 3.63) is 24.3 Å². The van der Waals surface area contributed by atoms with E-state index in [0.29, 0.717) is 6.42 Å². The molecular formula is C11H14O3. The average molecular weight is 194 g/mol. The third-order valence-electron chi connectivity index (χ3n) is 2.59. The molecule has 0 aromatic heterocycles. The van der Waals surface area contributed by atoms with E-state index in [1.165, 1.54) is 6.08 Å². The van der Waals surface area contributed by atoms with Crippen LogP contribution in [0.2, 0.25) is 0 Å². The molecule has 0 spiro atoms. The Hall–Kier alpha value is -1.38. The van der Waals surface area contributed by atoms with Crippen molar-refractivity contribution in [1.82, 2.24) is 0 Å². The van der Waals surface area contributed by atoms with Crippen LogP contribution in [0.1, 0.15) is 19.8 Å². The third-order valence-corrected chi connectivity index (χ3v) is 2.59. The van der Waals surface area contributed by atoms with Gasteiger partial charge in [0.1, 0.15) is 5.78 Å². The maximum absolute atomic E-state index is 11.4. The summed E-state index contributed by atoms with van der Waals surface area (Å²) < 4.78 is 0. The Bertz CT molecular complexity index is 302. The van der Waals surface area contributed by atoms with E-state index in [-0.39, 0.29) is 17.6 Å². The van der Waals surface area contributed by atoms with Crippen molar-refractivity contribution in [3.8, 4) is 0 Å². The van der Waals surface area contributed by atoms with E-state index in [9.17, 15) is 9.59 Å². The molecule has 3 heteroatoms. The summed E-state index contributed by atoms with van der Waals surface area (Å²) in [4.78, 5) is 21.7. The zero-order chi connectivity index (χ0) is 10.7. The summed E-state index contributed by atoms with van der Waals surface area (Å²) >= 11 is 0. The minimum absolute atomic E-state index is 0.121. The number of carbonyl (C=O) groups is 2. The predicted octanol–water partition coefficient (Wildman–Crippen LogP) is 1.80. The second kappa shape index (κ2) is 4.22. The molecule has 0 radical (unpaired) electrons. The first-order chi connectivity index (χ1) is 6.52. The van der Waals surface area contributed by atoms with Gasteiger partial charge in [0.2, 0.25) is 0 Å². The van der Waals surface area contributed by atoms with Crippen LogP contribution < -0.4 is 0 Å². The molecule has 1 fully saturated rings. The molecule has 1 saturated carbocycles. The van der Waals surface area contributed by atoms with Crippen molar-refractivity contribution in [2.45, 2.75) is 19.8 Å². The van der Waals surface area contributed by atoms with Crippen LogP contribution in [-0.2, 0) is 9.59 Å². The van der Waals surface area contributed by atoms with Crippen LogP contribution in [0.5, 0.6) is 0 Å². The zero-order valence-electron chi connectivity index (χ0n) is 8.19. The molecule has 1 N–H and O–H groups in total. The fraction of sp³-hybridized carbons (Fsp3) is 0.455. The molecule has 0 heterocycles. The Labute approximate surface area is 83.1 Å². The summed E-state index contributed by atoms with van der Waals surface area (Å²) in [6.07, 6.45) is 3.86. The number of allylic oxidation sites excluding steroid dienone is 2. The lowest BCUT2D eigenvalue weighted by Gasteiger charge is -2.14. The number of carboxylic acids is 1. The monoisotopic (exact) mass is 194 g/mol. The molecule has 1 rings (SSSR count). The predicted molar refractivity (Wildman–Crippen MR) is 52.8 cm³/mol. The van der Waals surface area contributed by atoms with Gasteiger partial charge in [-0.15, -0.1) is 0 Å². The summed E-state index contributed by atoms with van der Waals surface area (Å²) in [6.45, 7) is 5.70. The molecule has 0 unspecified atom stereocenters. The molecule has 3 nitrogen and oxygen atoms in total. The molecule has 0 aromatic rings. The van der Waals surface area contributed by atoms with E-state index in [2.05, 4.69) is 6.58 Å². The summed E-state index contributed by atoms with van der Waals surface area (Å²) in [5.74, 6) is -1.04. The second-order valence-electron chi connectivity index (χ2n) is 3.68. The van der Waals surface area contributed by atoms with Crippen molar-refractivity contribution >= 4 is 11.8 Å².